The molecule has 1 amide bonds. The third-order valence-corrected chi connectivity index (χ3v) is 4.85. The Hall–Kier alpha value is -1.51. The number of rotatable bonds is 4. The van der Waals surface area contributed by atoms with Gasteiger partial charge in [0.05, 0.1) is 5.56 Å². The largest absolute Gasteiger partial charge is 0.387 e. The van der Waals surface area contributed by atoms with Crippen LogP contribution in [-0.2, 0) is 0 Å². The molecule has 2 saturated carbocycles. The van der Waals surface area contributed by atoms with Crippen molar-refractivity contribution in [2.45, 2.75) is 25.7 Å². The normalized spacial score (nSPS) is 28.4. The van der Waals surface area contributed by atoms with E-state index in [9.17, 15) is 4.79 Å². The maximum absolute atomic E-state index is 12.2. The molecule has 3 nitrogen and oxygen atoms in total. The van der Waals surface area contributed by atoms with E-state index in [0.717, 1.165) is 29.6 Å². The fourth-order valence-corrected chi connectivity index (χ4v) is 3.84. The molecule has 2 bridgehead atoms. The molecule has 2 fully saturated rings. The number of nitrogens with one attached hydrogen (secondary N) is 2. The summed E-state index contributed by atoms with van der Waals surface area (Å²) < 4.78 is 0. The lowest BCUT2D eigenvalue weighted by molar-refractivity contribution is 0.0942. The van der Waals surface area contributed by atoms with Gasteiger partial charge >= 0.3 is 0 Å². The van der Waals surface area contributed by atoms with E-state index < -0.39 is 0 Å². The van der Waals surface area contributed by atoms with Gasteiger partial charge in [0, 0.05) is 19.3 Å². The van der Waals surface area contributed by atoms with Crippen LogP contribution in [0.4, 0.5) is 5.69 Å². The minimum Gasteiger partial charge on any atom is -0.387 e. The summed E-state index contributed by atoms with van der Waals surface area (Å²) in [6, 6.07) is 7.67. The van der Waals surface area contributed by atoms with Crippen LogP contribution in [0.15, 0.2) is 24.3 Å². The standard InChI is InChI=1S/C16H22N2O/c1-17-15-5-3-2-4-14(15)16(19)18-10-13-9-11-6-7-12(13)8-11/h2-5,11-13,17H,6-10H2,1H3,(H,18,19)/t11-,12+,13-/m0/s1. The third kappa shape index (κ3) is 2.46. The Morgan fingerprint density at radius 2 is 2.11 bits per heavy atom. The Balaban J connectivity index is 1.59. The molecule has 0 aliphatic heterocycles. The number of carbonyl (C=O) groups excluding carboxylic acids is 1. The summed E-state index contributed by atoms with van der Waals surface area (Å²) in [5.74, 6) is 2.57. The van der Waals surface area contributed by atoms with Gasteiger partial charge in [0.2, 0.25) is 0 Å². The predicted molar refractivity (Wildman–Crippen MR) is 77.3 cm³/mol. The minimum atomic E-state index is 0.0488. The van der Waals surface area contributed by atoms with E-state index in [-0.39, 0.29) is 5.91 Å². The van der Waals surface area contributed by atoms with Crippen molar-refractivity contribution in [1.29, 1.82) is 0 Å². The van der Waals surface area contributed by atoms with Crippen LogP contribution in [0, 0.1) is 17.8 Å². The van der Waals surface area contributed by atoms with Crippen molar-refractivity contribution in [1.82, 2.24) is 5.32 Å². The van der Waals surface area contributed by atoms with Crippen LogP contribution in [0.25, 0.3) is 0 Å². The van der Waals surface area contributed by atoms with Gasteiger partial charge in [0.15, 0.2) is 0 Å². The molecule has 0 spiro atoms. The van der Waals surface area contributed by atoms with Crippen LogP contribution in [-0.4, -0.2) is 19.5 Å². The number of amides is 1. The highest BCUT2D eigenvalue weighted by Crippen LogP contribution is 2.47. The molecule has 2 aliphatic rings. The molecule has 0 aromatic heterocycles. The molecular weight excluding hydrogens is 236 g/mol. The quantitative estimate of drug-likeness (QED) is 0.872. The molecule has 0 saturated heterocycles. The summed E-state index contributed by atoms with van der Waals surface area (Å²) >= 11 is 0. The van der Waals surface area contributed by atoms with Gasteiger partial charge in [-0.05, 0) is 49.1 Å². The van der Waals surface area contributed by atoms with Crippen molar-refractivity contribution < 1.29 is 4.79 Å². The zero-order valence-corrected chi connectivity index (χ0v) is 11.5. The molecule has 2 N–H and O–H groups in total. The van der Waals surface area contributed by atoms with E-state index in [4.69, 9.17) is 0 Å². The number of carbonyl (C=O) groups is 1. The van der Waals surface area contributed by atoms with Gasteiger partial charge in [0.1, 0.15) is 0 Å². The van der Waals surface area contributed by atoms with E-state index in [1.165, 1.54) is 25.7 Å². The molecule has 0 heterocycles. The highest BCUT2D eigenvalue weighted by atomic mass is 16.1. The maximum Gasteiger partial charge on any atom is 0.253 e. The second kappa shape index (κ2) is 5.24. The number of fused-ring (bicyclic) bond motifs is 2. The van der Waals surface area contributed by atoms with Gasteiger partial charge in [0.25, 0.3) is 5.91 Å². The van der Waals surface area contributed by atoms with Gasteiger partial charge in [-0.25, -0.2) is 0 Å². The molecule has 1 aromatic rings. The fourth-order valence-electron chi connectivity index (χ4n) is 3.84. The molecule has 19 heavy (non-hydrogen) atoms. The van der Waals surface area contributed by atoms with Gasteiger partial charge in [-0.15, -0.1) is 0 Å². The second-order valence-corrected chi connectivity index (χ2v) is 5.94. The Morgan fingerprint density at radius 3 is 2.79 bits per heavy atom. The van der Waals surface area contributed by atoms with Crippen molar-refractivity contribution >= 4 is 11.6 Å². The third-order valence-electron chi connectivity index (χ3n) is 4.85. The van der Waals surface area contributed by atoms with E-state index in [2.05, 4.69) is 10.6 Å². The summed E-state index contributed by atoms with van der Waals surface area (Å²) in [6.07, 6.45) is 5.50. The number of benzene rings is 1. The lowest BCUT2D eigenvalue weighted by atomic mass is 9.89. The molecular formula is C16H22N2O. The summed E-state index contributed by atoms with van der Waals surface area (Å²) in [6.45, 7) is 0.845. The SMILES string of the molecule is CNc1ccccc1C(=O)NC[C@@H]1C[C@H]2CC[C@@H]1C2. The van der Waals surface area contributed by atoms with Crippen molar-refractivity contribution in [2.75, 3.05) is 18.9 Å². The van der Waals surface area contributed by atoms with Crippen LogP contribution < -0.4 is 10.6 Å². The van der Waals surface area contributed by atoms with Crippen LogP contribution in [0.2, 0.25) is 0 Å². The summed E-state index contributed by atoms with van der Waals surface area (Å²) in [4.78, 5) is 12.2. The Kier molecular flexibility index (Phi) is 3.45. The molecule has 3 atom stereocenters. The summed E-state index contributed by atoms with van der Waals surface area (Å²) in [5.41, 5.74) is 1.64. The lowest BCUT2D eigenvalue weighted by Crippen LogP contribution is -2.31. The van der Waals surface area contributed by atoms with E-state index in [1.807, 2.05) is 31.3 Å². The van der Waals surface area contributed by atoms with E-state index >= 15 is 0 Å². The molecule has 102 valence electrons. The molecule has 1 aromatic carbocycles. The fraction of sp³-hybridized carbons (Fsp3) is 0.562. The lowest BCUT2D eigenvalue weighted by Gasteiger charge is -2.22. The molecule has 3 rings (SSSR count). The number of hydrogen-bond donors (Lipinski definition) is 2. The van der Waals surface area contributed by atoms with E-state index in [0.29, 0.717) is 5.92 Å². The summed E-state index contributed by atoms with van der Waals surface area (Å²) in [7, 11) is 1.85. The average Bonchev–Trinajstić information content (AvgIpc) is 3.07. The summed E-state index contributed by atoms with van der Waals surface area (Å²) in [5, 5.41) is 6.19. The van der Waals surface area contributed by atoms with E-state index in [1.54, 1.807) is 0 Å². The van der Waals surface area contributed by atoms with Crippen LogP contribution in [0.1, 0.15) is 36.0 Å². The molecule has 0 unspecified atom stereocenters. The smallest absolute Gasteiger partial charge is 0.253 e. The van der Waals surface area contributed by atoms with Crippen molar-refractivity contribution in [2.24, 2.45) is 17.8 Å². The van der Waals surface area contributed by atoms with Crippen LogP contribution >= 0.6 is 0 Å². The topological polar surface area (TPSA) is 41.1 Å². The zero-order chi connectivity index (χ0) is 13.2. The van der Waals surface area contributed by atoms with Crippen molar-refractivity contribution in [3.8, 4) is 0 Å². The first-order chi connectivity index (χ1) is 9.28. The molecule has 3 heteroatoms. The van der Waals surface area contributed by atoms with Gasteiger partial charge in [-0.1, -0.05) is 18.6 Å². The second-order valence-electron chi connectivity index (χ2n) is 5.94. The first-order valence-electron chi connectivity index (χ1n) is 7.33. The number of anilines is 1. The van der Waals surface area contributed by atoms with Crippen LogP contribution in [0.3, 0.4) is 0 Å². The average molecular weight is 258 g/mol. The number of hydrogen-bond acceptors (Lipinski definition) is 2. The minimum absolute atomic E-state index is 0.0488. The first kappa shape index (κ1) is 12.5. The predicted octanol–water partition coefficient (Wildman–Crippen LogP) is 2.89. The first-order valence-corrected chi connectivity index (χ1v) is 7.33. The molecule has 2 aliphatic carbocycles. The number of para-hydroxylation sites is 1. The van der Waals surface area contributed by atoms with Crippen molar-refractivity contribution in [3.63, 3.8) is 0 Å². The highest BCUT2D eigenvalue weighted by molar-refractivity contribution is 5.99. The van der Waals surface area contributed by atoms with Gasteiger partial charge in [-0.2, -0.15) is 0 Å². The Labute approximate surface area is 114 Å². The Morgan fingerprint density at radius 1 is 1.26 bits per heavy atom. The monoisotopic (exact) mass is 258 g/mol. The maximum atomic E-state index is 12.2. The molecule has 0 radical (unpaired) electrons. The van der Waals surface area contributed by atoms with Crippen LogP contribution in [0.5, 0.6) is 0 Å². The highest BCUT2D eigenvalue weighted by Gasteiger charge is 2.39. The van der Waals surface area contributed by atoms with Crippen molar-refractivity contribution in [3.05, 3.63) is 29.8 Å². The van der Waals surface area contributed by atoms with Gasteiger partial charge < -0.3 is 10.6 Å². The Bertz CT molecular complexity index is 472. The van der Waals surface area contributed by atoms with Gasteiger partial charge in [-0.3, -0.25) is 4.79 Å². The zero-order valence-electron chi connectivity index (χ0n) is 11.5.